The fourth-order valence-electron chi connectivity index (χ4n) is 4.36. The Kier molecular flexibility index (Phi) is 6.80. The third-order valence-electron chi connectivity index (χ3n) is 6.00. The van der Waals surface area contributed by atoms with Gasteiger partial charge in [-0.3, -0.25) is 0 Å². The lowest BCUT2D eigenvalue weighted by molar-refractivity contribution is 0.755. The summed E-state index contributed by atoms with van der Waals surface area (Å²) in [6, 6.07) is 14.4. The topological polar surface area (TPSA) is 0 Å². The monoisotopic (exact) mass is 380 g/mol. The summed E-state index contributed by atoms with van der Waals surface area (Å²) in [7, 11) is 0.00531. The Morgan fingerprint density at radius 2 is 1.26 bits per heavy atom. The van der Waals surface area contributed by atoms with Crippen LogP contribution in [0.25, 0.3) is 11.1 Å². The van der Waals surface area contributed by atoms with Crippen molar-refractivity contribution in [3.05, 3.63) is 53.1 Å². The van der Waals surface area contributed by atoms with Gasteiger partial charge < -0.3 is 0 Å². The van der Waals surface area contributed by atoms with Crippen LogP contribution in [0.2, 0.25) is 0 Å². The van der Waals surface area contributed by atoms with Crippen molar-refractivity contribution in [2.75, 3.05) is 12.3 Å². The minimum absolute atomic E-state index is 0.00531. The van der Waals surface area contributed by atoms with Crippen molar-refractivity contribution < 1.29 is 0 Å². The minimum Gasteiger partial charge on any atom is -0.0746 e. The maximum Gasteiger partial charge on any atom is -0.0101 e. The molecule has 1 heteroatoms. The first-order valence-electron chi connectivity index (χ1n) is 10.9. The first-order chi connectivity index (χ1) is 12.9. The molecular formula is C26H37P. The lowest BCUT2D eigenvalue weighted by atomic mass is 9.82. The summed E-state index contributed by atoms with van der Waals surface area (Å²) >= 11 is 0. The molecule has 0 radical (unpaired) electrons. The van der Waals surface area contributed by atoms with Gasteiger partial charge in [0.05, 0.1) is 0 Å². The van der Waals surface area contributed by atoms with E-state index in [-0.39, 0.29) is 7.92 Å². The molecule has 0 N–H and O–H groups in total. The van der Waals surface area contributed by atoms with Gasteiger partial charge in [0.15, 0.2) is 0 Å². The maximum absolute atomic E-state index is 2.50. The van der Waals surface area contributed by atoms with Crippen LogP contribution in [0.3, 0.4) is 0 Å². The SMILES string of the molecule is CC(C)c1cc(C(C)C)c(-c2ccccc2P2CCCCC2)c(C(C)C)c1. The first-order valence-corrected chi connectivity index (χ1v) is 12.6. The van der Waals surface area contributed by atoms with Gasteiger partial charge in [-0.25, -0.2) is 0 Å². The van der Waals surface area contributed by atoms with Crippen LogP contribution >= 0.6 is 7.92 Å². The second-order valence-electron chi connectivity index (χ2n) is 9.10. The summed E-state index contributed by atoms with van der Waals surface area (Å²) in [5, 5.41) is 1.66. The van der Waals surface area contributed by atoms with Gasteiger partial charge >= 0.3 is 0 Å². The van der Waals surface area contributed by atoms with Gasteiger partial charge in [-0.05, 0) is 76.0 Å². The van der Waals surface area contributed by atoms with E-state index in [4.69, 9.17) is 0 Å². The van der Waals surface area contributed by atoms with E-state index in [1.165, 1.54) is 42.7 Å². The molecule has 1 aliphatic heterocycles. The molecule has 0 aromatic heterocycles. The first kappa shape index (κ1) is 20.6. The molecule has 2 aromatic rings. The molecule has 0 nitrogen and oxygen atoms in total. The van der Waals surface area contributed by atoms with Crippen molar-refractivity contribution >= 4 is 13.2 Å². The molecule has 1 aliphatic rings. The van der Waals surface area contributed by atoms with E-state index in [1.54, 1.807) is 22.0 Å². The number of hydrogen-bond donors (Lipinski definition) is 0. The maximum atomic E-state index is 2.50. The van der Waals surface area contributed by atoms with Crippen molar-refractivity contribution in [2.24, 2.45) is 0 Å². The molecule has 0 saturated carbocycles. The Morgan fingerprint density at radius 1 is 0.704 bits per heavy atom. The van der Waals surface area contributed by atoms with E-state index in [9.17, 15) is 0 Å². The molecule has 2 aromatic carbocycles. The van der Waals surface area contributed by atoms with Crippen molar-refractivity contribution in [1.29, 1.82) is 0 Å². The standard InChI is InChI=1S/C26H37P/c1-18(2)21-16-23(19(3)4)26(24(17-21)20(5)6)22-12-8-9-13-25(22)27-14-10-7-11-15-27/h8-9,12-13,16-20H,7,10-11,14-15H2,1-6H3. The quantitative estimate of drug-likeness (QED) is 0.461. The molecule has 0 unspecified atom stereocenters. The average molecular weight is 381 g/mol. The Morgan fingerprint density at radius 3 is 1.78 bits per heavy atom. The predicted octanol–water partition coefficient (Wildman–Crippen LogP) is 8.01. The lowest BCUT2D eigenvalue weighted by Crippen LogP contribution is -2.15. The van der Waals surface area contributed by atoms with Crippen molar-refractivity contribution in [2.45, 2.75) is 78.6 Å². The van der Waals surface area contributed by atoms with E-state index in [0.29, 0.717) is 17.8 Å². The molecule has 0 spiro atoms. The van der Waals surface area contributed by atoms with E-state index in [0.717, 1.165) is 0 Å². The van der Waals surface area contributed by atoms with Crippen molar-refractivity contribution in [3.8, 4) is 11.1 Å². The van der Waals surface area contributed by atoms with Crippen LogP contribution in [-0.2, 0) is 0 Å². The smallest absolute Gasteiger partial charge is 0.0101 e. The molecule has 27 heavy (non-hydrogen) atoms. The summed E-state index contributed by atoms with van der Waals surface area (Å²) in [4.78, 5) is 0. The summed E-state index contributed by atoms with van der Waals surface area (Å²) in [5.74, 6) is 1.67. The van der Waals surface area contributed by atoms with Crippen LogP contribution < -0.4 is 5.30 Å². The third-order valence-corrected chi connectivity index (χ3v) is 8.79. The van der Waals surface area contributed by atoms with E-state index >= 15 is 0 Å². The number of rotatable bonds is 5. The normalized spacial score (nSPS) is 15.9. The zero-order valence-electron chi connectivity index (χ0n) is 18.2. The Labute approximate surface area is 168 Å². The minimum atomic E-state index is 0.00531. The number of benzene rings is 2. The van der Waals surface area contributed by atoms with Crippen LogP contribution in [0.1, 0.15) is 95.2 Å². The van der Waals surface area contributed by atoms with Gasteiger partial charge in [-0.1, -0.05) is 92.3 Å². The zero-order valence-corrected chi connectivity index (χ0v) is 19.1. The summed E-state index contributed by atoms with van der Waals surface area (Å²) < 4.78 is 0. The zero-order chi connectivity index (χ0) is 19.6. The van der Waals surface area contributed by atoms with Gasteiger partial charge in [0.1, 0.15) is 0 Å². The molecule has 0 atom stereocenters. The van der Waals surface area contributed by atoms with Crippen LogP contribution in [0.15, 0.2) is 36.4 Å². The molecule has 0 amide bonds. The fourth-order valence-corrected chi connectivity index (χ4v) is 7.10. The number of hydrogen-bond acceptors (Lipinski definition) is 0. The highest BCUT2D eigenvalue weighted by atomic mass is 31.1. The highest BCUT2D eigenvalue weighted by Crippen LogP contribution is 2.46. The lowest BCUT2D eigenvalue weighted by Gasteiger charge is -2.28. The van der Waals surface area contributed by atoms with Gasteiger partial charge in [0.2, 0.25) is 0 Å². The van der Waals surface area contributed by atoms with Gasteiger partial charge in [-0.2, -0.15) is 0 Å². The van der Waals surface area contributed by atoms with Crippen LogP contribution in [0, 0.1) is 0 Å². The van der Waals surface area contributed by atoms with Crippen molar-refractivity contribution in [1.82, 2.24) is 0 Å². The Hall–Kier alpha value is -1.13. The summed E-state index contributed by atoms with van der Waals surface area (Å²) in [5.41, 5.74) is 7.67. The highest BCUT2D eigenvalue weighted by Gasteiger charge is 2.23. The molecular weight excluding hydrogens is 343 g/mol. The van der Waals surface area contributed by atoms with Crippen LogP contribution in [0.5, 0.6) is 0 Å². The van der Waals surface area contributed by atoms with Gasteiger partial charge in [0.25, 0.3) is 0 Å². The third kappa shape index (κ3) is 4.48. The van der Waals surface area contributed by atoms with E-state index < -0.39 is 0 Å². The second-order valence-corrected chi connectivity index (χ2v) is 11.6. The summed E-state index contributed by atoms with van der Waals surface area (Å²) in [6.45, 7) is 14.1. The van der Waals surface area contributed by atoms with Crippen molar-refractivity contribution in [3.63, 3.8) is 0 Å². The predicted molar refractivity (Wildman–Crippen MR) is 124 cm³/mol. The summed E-state index contributed by atoms with van der Waals surface area (Å²) in [6.07, 6.45) is 7.11. The molecule has 0 aliphatic carbocycles. The molecule has 0 bridgehead atoms. The molecule has 1 heterocycles. The van der Waals surface area contributed by atoms with E-state index in [2.05, 4.69) is 77.9 Å². The molecule has 1 saturated heterocycles. The molecule has 3 rings (SSSR count). The van der Waals surface area contributed by atoms with Crippen LogP contribution in [-0.4, -0.2) is 12.3 Å². The fraction of sp³-hybridized carbons (Fsp3) is 0.538. The molecule has 1 fully saturated rings. The Bertz CT molecular complexity index is 735. The van der Waals surface area contributed by atoms with Gasteiger partial charge in [0, 0.05) is 0 Å². The molecule has 146 valence electrons. The van der Waals surface area contributed by atoms with E-state index in [1.807, 2.05) is 0 Å². The largest absolute Gasteiger partial charge is 0.0746 e. The Balaban J connectivity index is 2.24. The van der Waals surface area contributed by atoms with Gasteiger partial charge in [-0.15, -0.1) is 0 Å². The second kappa shape index (κ2) is 8.91. The highest BCUT2D eigenvalue weighted by molar-refractivity contribution is 7.66. The average Bonchev–Trinajstić information content (AvgIpc) is 2.67. The van der Waals surface area contributed by atoms with Crippen LogP contribution in [0.4, 0.5) is 0 Å².